The van der Waals surface area contributed by atoms with Crippen molar-refractivity contribution in [3.8, 4) is 28.7 Å². The number of fused-ring (bicyclic) bond motifs is 2. The zero-order valence-corrected chi connectivity index (χ0v) is 17.1. The van der Waals surface area contributed by atoms with E-state index in [4.69, 9.17) is 23.7 Å². The maximum absolute atomic E-state index is 12.8. The molecule has 0 spiro atoms. The molecular formula is C25H18O7. The van der Waals surface area contributed by atoms with Crippen molar-refractivity contribution in [1.29, 1.82) is 0 Å². The second kappa shape index (κ2) is 8.11. The Morgan fingerprint density at radius 1 is 1.00 bits per heavy atom. The molecule has 2 aliphatic heterocycles. The molecule has 3 aromatic carbocycles. The number of hydrogen-bond donors (Lipinski definition) is 0. The van der Waals surface area contributed by atoms with Gasteiger partial charge in [-0.3, -0.25) is 4.79 Å². The Kier molecular flexibility index (Phi) is 4.99. The van der Waals surface area contributed by atoms with Crippen molar-refractivity contribution in [3.05, 3.63) is 83.1 Å². The Morgan fingerprint density at radius 2 is 1.84 bits per heavy atom. The molecule has 2 aliphatic rings. The first-order valence-corrected chi connectivity index (χ1v) is 10.0. The lowest BCUT2D eigenvalue weighted by Gasteiger charge is -2.07. The van der Waals surface area contributed by atoms with Crippen molar-refractivity contribution in [2.75, 3.05) is 13.4 Å². The van der Waals surface area contributed by atoms with Gasteiger partial charge in [-0.15, -0.1) is 0 Å². The molecule has 0 saturated heterocycles. The van der Waals surface area contributed by atoms with E-state index >= 15 is 0 Å². The normalized spacial score (nSPS) is 14.8. The van der Waals surface area contributed by atoms with Crippen LogP contribution in [0.3, 0.4) is 0 Å². The van der Waals surface area contributed by atoms with Gasteiger partial charge in [0.1, 0.15) is 17.2 Å². The Labute approximate surface area is 183 Å². The first kappa shape index (κ1) is 19.7. The van der Waals surface area contributed by atoms with Gasteiger partial charge < -0.3 is 23.7 Å². The minimum Gasteiger partial charge on any atom is -0.493 e. The largest absolute Gasteiger partial charge is 0.493 e. The summed E-state index contributed by atoms with van der Waals surface area (Å²) in [4.78, 5) is 25.3. The van der Waals surface area contributed by atoms with Crippen molar-refractivity contribution < 1.29 is 33.3 Å². The third kappa shape index (κ3) is 3.65. The van der Waals surface area contributed by atoms with Gasteiger partial charge in [-0.1, -0.05) is 18.2 Å². The number of hydrogen-bond acceptors (Lipinski definition) is 7. The summed E-state index contributed by atoms with van der Waals surface area (Å²) in [5.41, 5.74) is 1.45. The molecular weight excluding hydrogens is 412 g/mol. The second-order valence-electron chi connectivity index (χ2n) is 7.03. The standard InChI is InChI=1S/C25H18O7/c1-2-28-19-6-4-3-5-15(19)11-23-24(26)18-9-8-17(13-21(18)32-23)31-25(27)16-7-10-20-22(12-16)30-14-29-20/h3-13H,2,14H2,1H3. The number of carbonyl (C=O) groups excluding carboxylic acids is 2. The third-order valence-electron chi connectivity index (χ3n) is 4.97. The lowest BCUT2D eigenvalue weighted by atomic mass is 10.1. The summed E-state index contributed by atoms with van der Waals surface area (Å²) in [6, 6.07) is 16.9. The van der Waals surface area contributed by atoms with Crippen molar-refractivity contribution in [3.63, 3.8) is 0 Å². The Bertz CT molecular complexity index is 1260. The van der Waals surface area contributed by atoms with Gasteiger partial charge in [0.25, 0.3) is 0 Å². The van der Waals surface area contributed by atoms with Crippen LogP contribution >= 0.6 is 0 Å². The number of Topliss-reactive ketones (excluding diaryl/α,β-unsaturated/α-hetero) is 1. The minimum absolute atomic E-state index is 0.120. The Balaban J connectivity index is 1.36. The quantitative estimate of drug-likeness (QED) is 0.331. The number of ether oxygens (including phenoxy) is 5. The number of para-hydroxylation sites is 1. The SMILES string of the molecule is CCOc1ccccc1C=C1Oc2cc(OC(=O)c3ccc4c(c3)OCO4)ccc2C1=O. The zero-order chi connectivity index (χ0) is 22.1. The number of benzene rings is 3. The molecule has 7 heteroatoms. The van der Waals surface area contributed by atoms with Crippen molar-refractivity contribution >= 4 is 17.8 Å². The number of allylic oxidation sites excluding steroid dienone is 1. The molecule has 0 bridgehead atoms. The summed E-state index contributed by atoms with van der Waals surface area (Å²) in [6.45, 7) is 2.52. The third-order valence-corrected chi connectivity index (χ3v) is 4.97. The van der Waals surface area contributed by atoms with Gasteiger partial charge in [0.05, 0.1) is 17.7 Å². The molecule has 0 aromatic heterocycles. The van der Waals surface area contributed by atoms with E-state index in [0.717, 1.165) is 5.56 Å². The molecule has 0 unspecified atom stereocenters. The molecule has 7 nitrogen and oxygen atoms in total. The number of carbonyl (C=O) groups is 2. The summed E-state index contributed by atoms with van der Waals surface area (Å²) >= 11 is 0. The molecule has 3 aromatic rings. The molecule has 0 atom stereocenters. The fraction of sp³-hybridized carbons (Fsp3) is 0.120. The highest BCUT2D eigenvalue weighted by molar-refractivity contribution is 6.14. The molecule has 0 fully saturated rings. The lowest BCUT2D eigenvalue weighted by Crippen LogP contribution is -2.08. The number of rotatable bonds is 5. The highest BCUT2D eigenvalue weighted by atomic mass is 16.7. The van der Waals surface area contributed by atoms with Gasteiger partial charge in [-0.05, 0) is 49.4 Å². The summed E-state index contributed by atoms with van der Waals surface area (Å²) in [7, 11) is 0. The monoisotopic (exact) mass is 430 g/mol. The fourth-order valence-electron chi connectivity index (χ4n) is 3.45. The molecule has 160 valence electrons. The maximum Gasteiger partial charge on any atom is 0.343 e. The Hall–Kier alpha value is -4.26. The van der Waals surface area contributed by atoms with E-state index in [-0.39, 0.29) is 24.1 Å². The van der Waals surface area contributed by atoms with Crippen molar-refractivity contribution in [1.82, 2.24) is 0 Å². The van der Waals surface area contributed by atoms with Gasteiger partial charge in [0.2, 0.25) is 12.6 Å². The molecule has 5 rings (SSSR count). The van der Waals surface area contributed by atoms with E-state index in [2.05, 4.69) is 0 Å². The predicted molar refractivity (Wildman–Crippen MR) is 115 cm³/mol. The molecule has 0 amide bonds. The second-order valence-corrected chi connectivity index (χ2v) is 7.03. The summed E-state index contributed by atoms with van der Waals surface area (Å²) in [6.07, 6.45) is 1.64. The smallest absolute Gasteiger partial charge is 0.343 e. The topological polar surface area (TPSA) is 80.3 Å². The average molecular weight is 430 g/mol. The molecule has 0 saturated carbocycles. The van der Waals surface area contributed by atoms with Crippen LogP contribution in [0.25, 0.3) is 6.08 Å². The first-order chi connectivity index (χ1) is 15.6. The molecule has 0 radical (unpaired) electrons. The van der Waals surface area contributed by atoms with Crippen LogP contribution in [0.5, 0.6) is 28.7 Å². The Morgan fingerprint density at radius 3 is 2.72 bits per heavy atom. The van der Waals surface area contributed by atoms with Gasteiger partial charge in [-0.25, -0.2) is 4.79 Å². The maximum atomic E-state index is 12.8. The molecule has 0 N–H and O–H groups in total. The van der Waals surface area contributed by atoms with E-state index in [9.17, 15) is 9.59 Å². The van der Waals surface area contributed by atoms with E-state index in [1.54, 1.807) is 36.4 Å². The number of esters is 1. The molecule has 32 heavy (non-hydrogen) atoms. The summed E-state index contributed by atoms with van der Waals surface area (Å²) in [5.74, 6) is 1.68. The van der Waals surface area contributed by atoms with Crippen LogP contribution in [-0.4, -0.2) is 25.2 Å². The summed E-state index contributed by atoms with van der Waals surface area (Å²) < 4.78 is 27.4. The van der Waals surface area contributed by atoms with Crippen molar-refractivity contribution in [2.24, 2.45) is 0 Å². The fourth-order valence-corrected chi connectivity index (χ4v) is 3.45. The number of ketones is 1. The molecule has 2 heterocycles. The molecule has 0 aliphatic carbocycles. The predicted octanol–water partition coefficient (Wildman–Crippen LogP) is 4.65. The summed E-state index contributed by atoms with van der Waals surface area (Å²) in [5, 5.41) is 0. The first-order valence-electron chi connectivity index (χ1n) is 10.0. The lowest BCUT2D eigenvalue weighted by molar-refractivity contribution is 0.0734. The van der Waals surface area contributed by atoms with Crippen LogP contribution in [0.4, 0.5) is 0 Å². The zero-order valence-electron chi connectivity index (χ0n) is 17.1. The highest BCUT2D eigenvalue weighted by Gasteiger charge is 2.28. The van der Waals surface area contributed by atoms with E-state index in [1.165, 1.54) is 6.07 Å². The van der Waals surface area contributed by atoms with Crippen molar-refractivity contribution in [2.45, 2.75) is 6.92 Å². The highest BCUT2D eigenvalue weighted by Crippen LogP contribution is 2.36. The van der Waals surface area contributed by atoms with Gasteiger partial charge >= 0.3 is 5.97 Å². The van der Waals surface area contributed by atoms with Gasteiger partial charge in [-0.2, -0.15) is 0 Å². The van der Waals surface area contributed by atoms with Crippen LogP contribution in [0, 0.1) is 0 Å². The van der Waals surface area contributed by atoms with Gasteiger partial charge in [0.15, 0.2) is 17.3 Å². The van der Waals surface area contributed by atoms with Crippen LogP contribution < -0.4 is 23.7 Å². The van der Waals surface area contributed by atoms with Gasteiger partial charge in [0, 0.05) is 11.6 Å². The van der Waals surface area contributed by atoms with E-state index in [1.807, 2.05) is 31.2 Å². The van der Waals surface area contributed by atoms with Crippen LogP contribution in [0.15, 0.2) is 66.4 Å². The van der Waals surface area contributed by atoms with E-state index < -0.39 is 5.97 Å². The van der Waals surface area contributed by atoms with Crippen LogP contribution in [0.1, 0.15) is 33.2 Å². The minimum atomic E-state index is -0.561. The van der Waals surface area contributed by atoms with Crippen LogP contribution in [-0.2, 0) is 0 Å². The van der Waals surface area contributed by atoms with E-state index in [0.29, 0.717) is 40.7 Å². The average Bonchev–Trinajstić information content (AvgIpc) is 3.39. The van der Waals surface area contributed by atoms with Crippen LogP contribution in [0.2, 0.25) is 0 Å².